The summed E-state index contributed by atoms with van der Waals surface area (Å²) in [6.07, 6.45) is 0. The summed E-state index contributed by atoms with van der Waals surface area (Å²) in [7, 11) is 0. The fraction of sp³-hybridized carbons (Fsp3) is 0.200. The molecule has 1 N–H and O–H groups in total. The van der Waals surface area contributed by atoms with Crippen molar-refractivity contribution in [1.82, 2.24) is 4.98 Å². The molecular formula is C20H19N3OS2. The smallest absolute Gasteiger partial charge is 0.275 e. The van der Waals surface area contributed by atoms with Crippen LogP contribution in [-0.4, -0.2) is 35.5 Å². The van der Waals surface area contributed by atoms with Crippen molar-refractivity contribution in [3.8, 4) is 10.6 Å². The Balaban J connectivity index is 1.53. The van der Waals surface area contributed by atoms with Crippen molar-refractivity contribution in [2.45, 2.75) is 0 Å². The van der Waals surface area contributed by atoms with E-state index in [2.05, 4.69) is 21.3 Å². The number of hydrogen-bond donors (Lipinski definition) is 1. The highest BCUT2D eigenvalue weighted by molar-refractivity contribution is 7.99. The standard InChI is InChI=1S/C20H19N3OS2/c24-19(17-14-26-20(22-17)15-6-2-1-3-7-15)21-16-8-4-5-9-18(16)23-10-12-25-13-11-23/h1-9,14H,10-13H2,(H,21,24). The van der Waals surface area contributed by atoms with Gasteiger partial charge in [0, 0.05) is 35.5 Å². The summed E-state index contributed by atoms with van der Waals surface area (Å²) in [6.45, 7) is 2.01. The zero-order chi connectivity index (χ0) is 17.8. The molecule has 0 aliphatic carbocycles. The van der Waals surface area contributed by atoms with E-state index in [1.54, 1.807) is 0 Å². The van der Waals surface area contributed by atoms with Crippen molar-refractivity contribution in [2.24, 2.45) is 0 Å². The maximum Gasteiger partial charge on any atom is 0.275 e. The number of carbonyl (C=O) groups is 1. The Kier molecular flexibility index (Phi) is 5.22. The van der Waals surface area contributed by atoms with Gasteiger partial charge in [-0.1, -0.05) is 42.5 Å². The molecule has 3 aromatic rings. The molecule has 0 atom stereocenters. The van der Waals surface area contributed by atoms with Crippen LogP contribution in [0.2, 0.25) is 0 Å². The average Bonchev–Trinajstić information content (AvgIpc) is 3.20. The highest BCUT2D eigenvalue weighted by atomic mass is 32.2. The van der Waals surface area contributed by atoms with E-state index in [0.29, 0.717) is 5.69 Å². The minimum atomic E-state index is -0.165. The molecule has 2 heterocycles. The highest BCUT2D eigenvalue weighted by Crippen LogP contribution is 2.29. The molecule has 26 heavy (non-hydrogen) atoms. The number of carbonyl (C=O) groups excluding carboxylic acids is 1. The van der Waals surface area contributed by atoms with E-state index < -0.39 is 0 Å². The highest BCUT2D eigenvalue weighted by Gasteiger charge is 2.17. The molecule has 0 saturated carbocycles. The van der Waals surface area contributed by atoms with Crippen molar-refractivity contribution in [3.05, 3.63) is 65.7 Å². The second-order valence-corrected chi connectivity index (χ2v) is 8.06. The first-order valence-electron chi connectivity index (χ1n) is 8.55. The van der Waals surface area contributed by atoms with Crippen LogP contribution in [0.1, 0.15) is 10.5 Å². The van der Waals surface area contributed by atoms with E-state index >= 15 is 0 Å². The Morgan fingerprint density at radius 1 is 1.00 bits per heavy atom. The average molecular weight is 382 g/mol. The van der Waals surface area contributed by atoms with Crippen LogP contribution in [-0.2, 0) is 0 Å². The molecule has 1 aromatic heterocycles. The summed E-state index contributed by atoms with van der Waals surface area (Å²) in [5.74, 6) is 2.08. The summed E-state index contributed by atoms with van der Waals surface area (Å²) in [6, 6.07) is 17.9. The van der Waals surface area contributed by atoms with Gasteiger partial charge >= 0.3 is 0 Å². The molecule has 6 heteroatoms. The number of benzene rings is 2. The Morgan fingerprint density at radius 2 is 1.73 bits per heavy atom. The van der Waals surface area contributed by atoms with E-state index in [-0.39, 0.29) is 5.91 Å². The van der Waals surface area contributed by atoms with Gasteiger partial charge in [-0.3, -0.25) is 4.79 Å². The van der Waals surface area contributed by atoms with Crippen LogP contribution in [0.4, 0.5) is 11.4 Å². The lowest BCUT2D eigenvalue weighted by Gasteiger charge is -2.30. The Bertz CT molecular complexity index is 889. The second kappa shape index (κ2) is 7.93. The number of hydrogen-bond acceptors (Lipinski definition) is 5. The van der Waals surface area contributed by atoms with Gasteiger partial charge in [0.15, 0.2) is 0 Å². The molecule has 0 spiro atoms. The number of nitrogens with one attached hydrogen (secondary N) is 1. The van der Waals surface area contributed by atoms with E-state index in [1.165, 1.54) is 11.3 Å². The van der Waals surface area contributed by atoms with Crippen LogP contribution < -0.4 is 10.2 Å². The number of aromatic nitrogens is 1. The molecule has 132 valence electrons. The molecule has 1 saturated heterocycles. The van der Waals surface area contributed by atoms with Crippen molar-refractivity contribution >= 4 is 40.4 Å². The molecule has 2 aromatic carbocycles. The lowest BCUT2D eigenvalue weighted by atomic mass is 10.2. The number of amides is 1. The van der Waals surface area contributed by atoms with Crippen LogP contribution in [0.15, 0.2) is 60.0 Å². The summed E-state index contributed by atoms with van der Waals surface area (Å²) >= 11 is 3.46. The first kappa shape index (κ1) is 17.1. The topological polar surface area (TPSA) is 45.2 Å². The van der Waals surface area contributed by atoms with Crippen LogP contribution >= 0.6 is 23.1 Å². The monoisotopic (exact) mass is 381 g/mol. The number of nitrogens with zero attached hydrogens (tertiary/aromatic N) is 2. The van der Waals surface area contributed by atoms with Crippen LogP contribution in [0.25, 0.3) is 10.6 Å². The molecule has 1 amide bonds. The Morgan fingerprint density at radius 3 is 2.54 bits per heavy atom. The van der Waals surface area contributed by atoms with Gasteiger partial charge in [0.1, 0.15) is 10.7 Å². The zero-order valence-electron chi connectivity index (χ0n) is 14.2. The lowest BCUT2D eigenvalue weighted by molar-refractivity contribution is 0.102. The second-order valence-electron chi connectivity index (χ2n) is 5.97. The fourth-order valence-corrected chi connectivity index (χ4v) is 4.65. The maximum atomic E-state index is 12.7. The van der Waals surface area contributed by atoms with Crippen LogP contribution in [0, 0.1) is 0 Å². The third kappa shape index (κ3) is 3.76. The predicted octanol–water partition coefficient (Wildman–Crippen LogP) is 4.62. The van der Waals surface area contributed by atoms with Gasteiger partial charge in [0.2, 0.25) is 0 Å². The minimum absolute atomic E-state index is 0.165. The maximum absolute atomic E-state index is 12.7. The van der Waals surface area contributed by atoms with Crippen molar-refractivity contribution in [3.63, 3.8) is 0 Å². The van der Waals surface area contributed by atoms with Crippen molar-refractivity contribution in [2.75, 3.05) is 34.8 Å². The Hall–Kier alpha value is -2.31. The van der Waals surface area contributed by atoms with Gasteiger partial charge in [0.05, 0.1) is 11.4 Å². The minimum Gasteiger partial charge on any atom is -0.368 e. The number of thioether (sulfide) groups is 1. The molecule has 1 fully saturated rings. The molecule has 0 bridgehead atoms. The van der Waals surface area contributed by atoms with Gasteiger partial charge in [0.25, 0.3) is 5.91 Å². The van der Waals surface area contributed by atoms with E-state index in [9.17, 15) is 4.79 Å². The first-order chi connectivity index (χ1) is 12.8. The number of para-hydroxylation sites is 2. The van der Waals surface area contributed by atoms with Crippen molar-refractivity contribution in [1.29, 1.82) is 0 Å². The number of thiazole rings is 1. The molecule has 4 rings (SSSR count). The molecule has 1 aliphatic heterocycles. The molecule has 4 nitrogen and oxygen atoms in total. The third-order valence-corrected chi connectivity index (χ3v) is 6.10. The van der Waals surface area contributed by atoms with Crippen LogP contribution in [0.5, 0.6) is 0 Å². The normalized spacial score (nSPS) is 14.2. The van der Waals surface area contributed by atoms with Crippen LogP contribution in [0.3, 0.4) is 0 Å². The largest absolute Gasteiger partial charge is 0.368 e. The number of anilines is 2. The predicted molar refractivity (Wildman–Crippen MR) is 111 cm³/mol. The Labute approximate surface area is 161 Å². The van der Waals surface area contributed by atoms with E-state index in [0.717, 1.165) is 46.5 Å². The lowest BCUT2D eigenvalue weighted by Crippen LogP contribution is -2.33. The van der Waals surface area contributed by atoms with Gasteiger partial charge in [-0.2, -0.15) is 11.8 Å². The van der Waals surface area contributed by atoms with Gasteiger partial charge in [-0.05, 0) is 12.1 Å². The van der Waals surface area contributed by atoms with E-state index in [4.69, 9.17) is 0 Å². The summed E-state index contributed by atoms with van der Waals surface area (Å²) in [4.78, 5) is 19.5. The SMILES string of the molecule is O=C(Nc1ccccc1N1CCSCC1)c1csc(-c2ccccc2)n1. The molecular weight excluding hydrogens is 362 g/mol. The molecule has 0 radical (unpaired) electrons. The third-order valence-electron chi connectivity index (χ3n) is 4.26. The fourth-order valence-electron chi connectivity index (χ4n) is 2.94. The quantitative estimate of drug-likeness (QED) is 0.716. The summed E-state index contributed by atoms with van der Waals surface area (Å²) in [5, 5.41) is 5.72. The summed E-state index contributed by atoms with van der Waals surface area (Å²) < 4.78 is 0. The molecule has 1 aliphatic rings. The van der Waals surface area contributed by atoms with Crippen molar-refractivity contribution < 1.29 is 4.79 Å². The van der Waals surface area contributed by atoms with E-state index in [1.807, 2.05) is 65.7 Å². The van der Waals surface area contributed by atoms with Gasteiger partial charge in [-0.15, -0.1) is 11.3 Å². The summed E-state index contributed by atoms with van der Waals surface area (Å²) in [5.41, 5.74) is 3.42. The molecule has 0 unspecified atom stereocenters. The first-order valence-corrected chi connectivity index (χ1v) is 10.6. The zero-order valence-corrected chi connectivity index (χ0v) is 15.9. The number of rotatable bonds is 4. The van der Waals surface area contributed by atoms with Gasteiger partial charge < -0.3 is 10.2 Å². The van der Waals surface area contributed by atoms with Gasteiger partial charge in [-0.25, -0.2) is 4.98 Å².